The van der Waals surface area contributed by atoms with E-state index < -0.39 is 0 Å². The van der Waals surface area contributed by atoms with Gasteiger partial charge in [-0.05, 0) is 30.5 Å². The summed E-state index contributed by atoms with van der Waals surface area (Å²) in [5.41, 5.74) is 2.06. The van der Waals surface area contributed by atoms with E-state index in [0.717, 1.165) is 35.7 Å². The van der Waals surface area contributed by atoms with Gasteiger partial charge >= 0.3 is 0 Å². The van der Waals surface area contributed by atoms with Crippen molar-refractivity contribution in [3.8, 4) is 0 Å². The van der Waals surface area contributed by atoms with Crippen LogP contribution in [0.4, 0.5) is 5.69 Å². The van der Waals surface area contributed by atoms with Gasteiger partial charge in [-0.2, -0.15) is 0 Å². The van der Waals surface area contributed by atoms with Crippen molar-refractivity contribution in [2.75, 3.05) is 0 Å². The average Bonchev–Trinajstić information content (AvgIpc) is 2.35. The molecular weight excluding hydrogens is 216 g/mol. The lowest BCUT2D eigenvalue weighted by Crippen LogP contribution is -1.90. The van der Waals surface area contributed by atoms with Crippen molar-refractivity contribution < 1.29 is 4.92 Å². The minimum Gasteiger partial charge on any atom is -0.258 e. The van der Waals surface area contributed by atoms with Crippen LogP contribution in [-0.4, -0.2) is 9.91 Å². The Morgan fingerprint density at radius 3 is 2.88 bits per heavy atom. The molecule has 1 aromatic carbocycles. The molecule has 4 heteroatoms. The van der Waals surface area contributed by atoms with E-state index in [1.807, 2.05) is 12.3 Å². The number of nitro groups is 1. The molecule has 1 aromatic heterocycles. The number of nitro benzene ring substituents is 1. The fourth-order valence-corrected chi connectivity index (χ4v) is 1.80. The number of benzene rings is 1. The Morgan fingerprint density at radius 1 is 1.35 bits per heavy atom. The first kappa shape index (κ1) is 11.5. The lowest BCUT2D eigenvalue weighted by Gasteiger charge is -2.02. The van der Waals surface area contributed by atoms with Crippen LogP contribution in [0.3, 0.4) is 0 Å². The van der Waals surface area contributed by atoms with E-state index in [-0.39, 0.29) is 10.6 Å². The number of fused-ring (bicyclic) bond motifs is 1. The van der Waals surface area contributed by atoms with Crippen LogP contribution in [0.5, 0.6) is 0 Å². The van der Waals surface area contributed by atoms with Gasteiger partial charge in [0.25, 0.3) is 5.69 Å². The molecule has 0 unspecified atom stereocenters. The van der Waals surface area contributed by atoms with Crippen LogP contribution in [0.25, 0.3) is 10.9 Å². The smallest absolute Gasteiger partial charge is 0.258 e. The van der Waals surface area contributed by atoms with Crippen LogP contribution >= 0.6 is 0 Å². The van der Waals surface area contributed by atoms with Gasteiger partial charge < -0.3 is 0 Å². The number of hydrogen-bond donors (Lipinski definition) is 0. The van der Waals surface area contributed by atoms with Gasteiger partial charge in [0.2, 0.25) is 0 Å². The van der Waals surface area contributed by atoms with Crippen molar-refractivity contribution in [3.63, 3.8) is 0 Å². The van der Waals surface area contributed by atoms with Crippen molar-refractivity contribution in [3.05, 3.63) is 46.1 Å². The number of nitrogens with zero attached hydrogens (tertiary/aromatic N) is 2. The van der Waals surface area contributed by atoms with E-state index >= 15 is 0 Å². The zero-order valence-corrected chi connectivity index (χ0v) is 9.72. The summed E-state index contributed by atoms with van der Waals surface area (Å²) in [4.78, 5) is 14.6. The Morgan fingerprint density at radius 2 is 2.18 bits per heavy atom. The maximum Gasteiger partial charge on any atom is 0.270 e. The molecule has 0 fully saturated rings. The number of unbranched alkanes of at least 4 members (excludes halogenated alkanes) is 1. The highest BCUT2D eigenvalue weighted by atomic mass is 16.6. The number of aromatic nitrogens is 1. The Bertz CT molecular complexity index is 552. The second kappa shape index (κ2) is 4.91. The fourth-order valence-electron chi connectivity index (χ4n) is 1.80. The highest BCUT2D eigenvalue weighted by Gasteiger charge is 2.06. The summed E-state index contributed by atoms with van der Waals surface area (Å²) >= 11 is 0. The largest absolute Gasteiger partial charge is 0.270 e. The molecule has 0 aliphatic rings. The first-order chi connectivity index (χ1) is 8.20. The molecule has 0 saturated heterocycles. The maximum atomic E-state index is 10.7. The summed E-state index contributed by atoms with van der Waals surface area (Å²) in [7, 11) is 0. The zero-order valence-electron chi connectivity index (χ0n) is 9.72. The molecule has 0 aliphatic carbocycles. The normalized spacial score (nSPS) is 10.6. The van der Waals surface area contributed by atoms with Crippen molar-refractivity contribution in [2.45, 2.75) is 26.2 Å². The van der Waals surface area contributed by atoms with E-state index in [2.05, 4.69) is 11.9 Å². The summed E-state index contributed by atoms with van der Waals surface area (Å²) in [6, 6.07) is 6.75. The molecule has 0 N–H and O–H groups in total. The van der Waals surface area contributed by atoms with Crippen LogP contribution < -0.4 is 0 Å². The molecule has 2 rings (SSSR count). The van der Waals surface area contributed by atoms with Gasteiger partial charge in [-0.1, -0.05) is 13.3 Å². The SMILES string of the molecule is CCCCc1cnc2ccc([N+](=O)[O-])cc2c1. The molecule has 2 aromatic rings. The molecule has 1 heterocycles. The quantitative estimate of drug-likeness (QED) is 0.596. The summed E-state index contributed by atoms with van der Waals surface area (Å²) in [6.07, 6.45) is 5.07. The Balaban J connectivity index is 2.39. The van der Waals surface area contributed by atoms with Crippen LogP contribution in [0.2, 0.25) is 0 Å². The molecule has 0 spiro atoms. The second-order valence-corrected chi connectivity index (χ2v) is 4.08. The van der Waals surface area contributed by atoms with Gasteiger partial charge in [0.15, 0.2) is 0 Å². The number of aryl methyl sites for hydroxylation is 1. The molecule has 0 saturated carbocycles. The van der Waals surface area contributed by atoms with Crippen LogP contribution in [0.1, 0.15) is 25.3 Å². The van der Waals surface area contributed by atoms with E-state index in [1.54, 1.807) is 12.1 Å². The standard InChI is InChI=1S/C13H14N2O2/c1-2-3-4-10-7-11-8-12(15(16)17)5-6-13(11)14-9-10/h5-9H,2-4H2,1H3. The molecule has 17 heavy (non-hydrogen) atoms. The fraction of sp³-hybridized carbons (Fsp3) is 0.308. The highest BCUT2D eigenvalue weighted by Crippen LogP contribution is 2.20. The first-order valence-electron chi connectivity index (χ1n) is 5.74. The third-order valence-electron chi connectivity index (χ3n) is 2.75. The van der Waals surface area contributed by atoms with Gasteiger partial charge in [-0.15, -0.1) is 0 Å². The third-order valence-corrected chi connectivity index (χ3v) is 2.75. The average molecular weight is 230 g/mol. The molecule has 0 bridgehead atoms. The van der Waals surface area contributed by atoms with Gasteiger partial charge in [-0.25, -0.2) is 0 Å². The van der Waals surface area contributed by atoms with E-state index in [9.17, 15) is 10.1 Å². The van der Waals surface area contributed by atoms with Gasteiger partial charge in [0, 0.05) is 23.7 Å². The topological polar surface area (TPSA) is 56.0 Å². The van der Waals surface area contributed by atoms with Crippen molar-refractivity contribution in [1.29, 1.82) is 0 Å². The lowest BCUT2D eigenvalue weighted by molar-refractivity contribution is -0.384. The van der Waals surface area contributed by atoms with Gasteiger partial charge in [0.1, 0.15) is 0 Å². The van der Waals surface area contributed by atoms with Crippen LogP contribution in [0.15, 0.2) is 30.5 Å². The zero-order chi connectivity index (χ0) is 12.3. The minimum atomic E-state index is -0.377. The lowest BCUT2D eigenvalue weighted by atomic mass is 10.1. The minimum absolute atomic E-state index is 0.118. The molecule has 0 amide bonds. The number of non-ortho nitro benzene ring substituents is 1. The second-order valence-electron chi connectivity index (χ2n) is 4.08. The monoisotopic (exact) mass is 230 g/mol. The van der Waals surface area contributed by atoms with Crippen molar-refractivity contribution in [1.82, 2.24) is 4.98 Å². The molecule has 0 aliphatic heterocycles. The predicted molar refractivity (Wildman–Crippen MR) is 67.0 cm³/mol. The Kier molecular flexibility index (Phi) is 3.32. The number of pyridine rings is 1. The molecular formula is C13H14N2O2. The van der Waals surface area contributed by atoms with Gasteiger partial charge in [0.05, 0.1) is 10.4 Å². The predicted octanol–water partition coefficient (Wildman–Crippen LogP) is 3.49. The molecule has 4 nitrogen and oxygen atoms in total. The Labute approximate surface area is 99.4 Å². The summed E-state index contributed by atoms with van der Waals surface area (Å²) in [6.45, 7) is 2.14. The van der Waals surface area contributed by atoms with Crippen molar-refractivity contribution in [2.24, 2.45) is 0 Å². The maximum absolute atomic E-state index is 10.7. The van der Waals surface area contributed by atoms with E-state index in [0.29, 0.717) is 0 Å². The molecule has 88 valence electrons. The number of rotatable bonds is 4. The van der Waals surface area contributed by atoms with Crippen LogP contribution in [-0.2, 0) is 6.42 Å². The summed E-state index contributed by atoms with van der Waals surface area (Å²) in [5, 5.41) is 11.5. The van der Waals surface area contributed by atoms with E-state index in [4.69, 9.17) is 0 Å². The molecule has 0 atom stereocenters. The van der Waals surface area contributed by atoms with E-state index in [1.165, 1.54) is 6.07 Å². The number of hydrogen-bond acceptors (Lipinski definition) is 3. The van der Waals surface area contributed by atoms with Gasteiger partial charge in [-0.3, -0.25) is 15.1 Å². The molecule has 0 radical (unpaired) electrons. The Hall–Kier alpha value is -1.97. The highest BCUT2D eigenvalue weighted by molar-refractivity contribution is 5.81. The van der Waals surface area contributed by atoms with Crippen LogP contribution in [0, 0.1) is 10.1 Å². The summed E-state index contributed by atoms with van der Waals surface area (Å²) < 4.78 is 0. The third kappa shape index (κ3) is 2.58. The first-order valence-corrected chi connectivity index (χ1v) is 5.74. The van der Waals surface area contributed by atoms with Crippen molar-refractivity contribution >= 4 is 16.6 Å². The summed E-state index contributed by atoms with van der Waals surface area (Å²) in [5.74, 6) is 0.